The number of nitro groups is 1. The van der Waals surface area contributed by atoms with Crippen molar-refractivity contribution in [2.45, 2.75) is 19.0 Å². The third kappa shape index (κ3) is 5.28. The normalized spacial score (nSPS) is 17.4. The third-order valence-corrected chi connectivity index (χ3v) is 6.70. The molecular formula is C24H27F3N4O4. The van der Waals surface area contributed by atoms with Crippen molar-refractivity contribution in [1.82, 2.24) is 4.90 Å². The molecule has 2 saturated heterocycles. The first-order valence-electron chi connectivity index (χ1n) is 11.5. The zero-order valence-electron chi connectivity index (χ0n) is 19.3. The number of benzene rings is 2. The number of piperazine rings is 1. The Morgan fingerprint density at radius 3 is 2.20 bits per heavy atom. The van der Waals surface area contributed by atoms with Crippen LogP contribution in [0.3, 0.4) is 0 Å². The lowest BCUT2D eigenvalue weighted by Gasteiger charge is -2.40. The van der Waals surface area contributed by atoms with Gasteiger partial charge in [-0.05, 0) is 37.1 Å². The molecule has 2 aromatic rings. The highest BCUT2D eigenvalue weighted by Crippen LogP contribution is 2.38. The molecule has 0 saturated carbocycles. The Kier molecular flexibility index (Phi) is 7.04. The molecule has 0 atom stereocenters. The number of nitrogens with zero attached hydrogens (tertiary/aromatic N) is 4. The molecule has 4 rings (SSSR count). The van der Waals surface area contributed by atoms with E-state index in [1.807, 2.05) is 29.2 Å². The number of anilines is 2. The quantitative estimate of drug-likeness (QED) is 0.460. The average molecular weight is 492 g/mol. The largest absolute Gasteiger partial charge is 0.495 e. The summed E-state index contributed by atoms with van der Waals surface area (Å²) in [6.07, 6.45) is -3.67. The van der Waals surface area contributed by atoms with Gasteiger partial charge in [0.05, 0.1) is 23.3 Å². The predicted octanol–water partition coefficient (Wildman–Crippen LogP) is 4.19. The Morgan fingerprint density at radius 2 is 1.60 bits per heavy atom. The topological polar surface area (TPSA) is 79.2 Å². The summed E-state index contributed by atoms with van der Waals surface area (Å²) in [6.45, 7) is 3.27. The summed E-state index contributed by atoms with van der Waals surface area (Å²) in [5.74, 6) is 0.640. The summed E-state index contributed by atoms with van der Waals surface area (Å²) in [6, 6.07) is 10.3. The molecule has 2 aromatic carbocycles. The van der Waals surface area contributed by atoms with Crippen LogP contribution in [0.5, 0.6) is 5.75 Å². The van der Waals surface area contributed by atoms with Crippen LogP contribution in [0.15, 0.2) is 42.5 Å². The van der Waals surface area contributed by atoms with E-state index in [1.54, 1.807) is 12.0 Å². The van der Waals surface area contributed by atoms with E-state index in [-0.39, 0.29) is 17.5 Å². The first kappa shape index (κ1) is 24.6. The summed E-state index contributed by atoms with van der Waals surface area (Å²) in [5.41, 5.74) is -0.477. The molecule has 0 aliphatic carbocycles. The molecule has 8 nitrogen and oxygen atoms in total. The molecule has 0 radical (unpaired) electrons. The number of ether oxygens (including phenoxy) is 1. The second kappa shape index (κ2) is 10.0. The lowest BCUT2D eigenvalue weighted by Crippen LogP contribution is -2.51. The summed E-state index contributed by atoms with van der Waals surface area (Å²) in [7, 11) is 1.63. The Balaban J connectivity index is 1.36. The number of hydrogen-bond acceptors (Lipinski definition) is 6. The number of piperidine rings is 1. The lowest BCUT2D eigenvalue weighted by atomic mass is 9.94. The number of carbonyl (C=O) groups is 1. The first-order chi connectivity index (χ1) is 16.7. The molecule has 11 heteroatoms. The predicted molar refractivity (Wildman–Crippen MR) is 125 cm³/mol. The maximum atomic E-state index is 13.1. The van der Waals surface area contributed by atoms with Gasteiger partial charge < -0.3 is 19.4 Å². The van der Waals surface area contributed by atoms with E-state index in [0.29, 0.717) is 58.2 Å². The summed E-state index contributed by atoms with van der Waals surface area (Å²) < 4.78 is 44.4. The van der Waals surface area contributed by atoms with Crippen LogP contribution < -0.4 is 14.5 Å². The van der Waals surface area contributed by atoms with Crippen LogP contribution in [-0.2, 0) is 11.0 Å². The fourth-order valence-electron chi connectivity index (χ4n) is 4.80. The van der Waals surface area contributed by atoms with Gasteiger partial charge >= 0.3 is 6.18 Å². The molecule has 0 unspecified atom stereocenters. The minimum Gasteiger partial charge on any atom is -0.495 e. The van der Waals surface area contributed by atoms with Gasteiger partial charge in [-0.25, -0.2) is 0 Å². The van der Waals surface area contributed by atoms with E-state index < -0.39 is 22.4 Å². The number of nitro benzene ring substituents is 1. The fourth-order valence-corrected chi connectivity index (χ4v) is 4.80. The van der Waals surface area contributed by atoms with Crippen LogP contribution in [0.2, 0.25) is 0 Å². The van der Waals surface area contributed by atoms with Crippen molar-refractivity contribution in [1.29, 1.82) is 0 Å². The molecule has 0 spiro atoms. The Bertz CT molecular complexity index is 1080. The second-order valence-electron chi connectivity index (χ2n) is 8.70. The van der Waals surface area contributed by atoms with Crippen molar-refractivity contribution >= 4 is 23.0 Å². The minimum absolute atomic E-state index is 0.0613. The van der Waals surface area contributed by atoms with Gasteiger partial charge in [-0.1, -0.05) is 12.1 Å². The standard InChI is InChI=1S/C24H27F3N4O4/c1-35-22-5-3-2-4-20(22)29-12-14-30(15-13-29)23(32)17-8-10-28(11-9-17)19-7-6-18(24(25,26)27)16-21(19)31(33)34/h2-7,16-17H,8-15H2,1H3. The second-order valence-corrected chi connectivity index (χ2v) is 8.70. The van der Waals surface area contributed by atoms with Crippen molar-refractivity contribution in [3.63, 3.8) is 0 Å². The van der Waals surface area contributed by atoms with Crippen LogP contribution in [-0.4, -0.2) is 62.1 Å². The maximum Gasteiger partial charge on any atom is 0.416 e. The van der Waals surface area contributed by atoms with Gasteiger partial charge in [-0.2, -0.15) is 13.2 Å². The summed E-state index contributed by atoms with van der Waals surface area (Å²) in [5, 5.41) is 11.4. The molecule has 2 aliphatic rings. The van der Waals surface area contributed by atoms with Gasteiger partial charge in [0.2, 0.25) is 5.91 Å². The number of para-hydroxylation sites is 2. The Morgan fingerprint density at radius 1 is 0.971 bits per heavy atom. The van der Waals surface area contributed by atoms with Gasteiger partial charge in [0, 0.05) is 51.3 Å². The average Bonchev–Trinajstić information content (AvgIpc) is 2.87. The number of carbonyl (C=O) groups excluding carboxylic acids is 1. The fraction of sp³-hybridized carbons (Fsp3) is 0.458. The molecule has 0 bridgehead atoms. The monoisotopic (exact) mass is 492 g/mol. The number of amides is 1. The summed E-state index contributed by atoms with van der Waals surface area (Å²) >= 11 is 0. The molecule has 0 N–H and O–H groups in total. The van der Waals surface area contributed by atoms with Crippen molar-refractivity contribution in [3.05, 3.63) is 58.1 Å². The van der Waals surface area contributed by atoms with Crippen molar-refractivity contribution in [2.24, 2.45) is 5.92 Å². The molecule has 0 aromatic heterocycles. The number of alkyl halides is 3. The van der Waals surface area contributed by atoms with Crippen LogP contribution in [0.1, 0.15) is 18.4 Å². The zero-order valence-corrected chi connectivity index (χ0v) is 19.3. The third-order valence-electron chi connectivity index (χ3n) is 6.70. The van der Waals surface area contributed by atoms with E-state index >= 15 is 0 Å². The molecule has 188 valence electrons. The highest BCUT2D eigenvalue weighted by molar-refractivity contribution is 5.80. The number of halogens is 3. The number of methoxy groups -OCH3 is 1. The SMILES string of the molecule is COc1ccccc1N1CCN(C(=O)C2CCN(c3ccc(C(F)(F)F)cc3[N+](=O)[O-])CC2)CC1. The van der Waals surface area contributed by atoms with E-state index in [4.69, 9.17) is 4.74 Å². The maximum absolute atomic E-state index is 13.1. The Labute approximate surface area is 201 Å². The van der Waals surface area contributed by atoms with E-state index in [2.05, 4.69) is 4.90 Å². The Hall–Kier alpha value is -3.50. The van der Waals surface area contributed by atoms with E-state index in [1.165, 1.54) is 0 Å². The van der Waals surface area contributed by atoms with Gasteiger partial charge in [0.15, 0.2) is 0 Å². The highest BCUT2D eigenvalue weighted by Gasteiger charge is 2.36. The van der Waals surface area contributed by atoms with E-state index in [9.17, 15) is 28.1 Å². The van der Waals surface area contributed by atoms with Gasteiger partial charge in [-0.15, -0.1) is 0 Å². The minimum atomic E-state index is -4.65. The smallest absolute Gasteiger partial charge is 0.416 e. The van der Waals surface area contributed by atoms with Crippen LogP contribution in [0.4, 0.5) is 30.2 Å². The van der Waals surface area contributed by atoms with Gasteiger partial charge in [0.25, 0.3) is 5.69 Å². The van der Waals surface area contributed by atoms with Crippen LogP contribution >= 0.6 is 0 Å². The van der Waals surface area contributed by atoms with Crippen molar-refractivity contribution < 1.29 is 27.6 Å². The lowest BCUT2D eigenvalue weighted by molar-refractivity contribution is -0.384. The number of rotatable bonds is 5. The van der Waals surface area contributed by atoms with Gasteiger partial charge in [-0.3, -0.25) is 14.9 Å². The highest BCUT2D eigenvalue weighted by atomic mass is 19.4. The van der Waals surface area contributed by atoms with E-state index in [0.717, 1.165) is 23.6 Å². The molecule has 1 amide bonds. The molecule has 2 fully saturated rings. The molecular weight excluding hydrogens is 465 g/mol. The van der Waals surface area contributed by atoms with Crippen molar-refractivity contribution in [2.75, 3.05) is 56.2 Å². The molecule has 2 aliphatic heterocycles. The van der Waals surface area contributed by atoms with Crippen LogP contribution in [0.25, 0.3) is 0 Å². The van der Waals surface area contributed by atoms with Crippen molar-refractivity contribution in [3.8, 4) is 5.75 Å². The zero-order chi connectivity index (χ0) is 25.2. The van der Waals surface area contributed by atoms with Crippen LogP contribution in [0, 0.1) is 16.0 Å². The van der Waals surface area contributed by atoms with Gasteiger partial charge in [0.1, 0.15) is 11.4 Å². The molecule has 35 heavy (non-hydrogen) atoms. The first-order valence-corrected chi connectivity index (χ1v) is 11.5. The number of hydrogen-bond donors (Lipinski definition) is 0. The summed E-state index contributed by atoms with van der Waals surface area (Å²) in [4.78, 5) is 29.5. The molecule has 2 heterocycles.